The van der Waals surface area contributed by atoms with Gasteiger partial charge in [0.1, 0.15) is 0 Å². The van der Waals surface area contributed by atoms with Gasteiger partial charge in [-0.2, -0.15) is 0 Å². The van der Waals surface area contributed by atoms with Gasteiger partial charge in [-0.05, 0) is 69.8 Å². The molecular formula is C68H48N6. The van der Waals surface area contributed by atoms with E-state index in [0.717, 1.165) is 101 Å². The first-order valence-corrected chi connectivity index (χ1v) is 25.6. The van der Waals surface area contributed by atoms with Gasteiger partial charge in [0.05, 0.1) is 67.3 Å². The Bertz CT molecular complexity index is 3580. The number of rotatable bonds is 6. The fourth-order valence-corrected chi connectivity index (χ4v) is 14.1. The van der Waals surface area contributed by atoms with Crippen molar-refractivity contribution in [2.45, 2.75) is 43.9 Å². The van der Waals surface area contributed by atoms with Crippen LogP contribution in [0.2, 0.25) is 0 Å². The first-order chi connectivity index (χ1) is 36.2. The minimum Gasteiger partial charge on any atom is -0.244 e. The Hall–Kier alpha value is -9.00. The molecule has 3 aliphatic rings. The van der Waals surface area contributed by atoms with E-state index < -0.39 is 21.7 Å². The zero-order chi connectivity index (χ0) is 49.6. The summed E-state index contributed by atoms with van der Waals surface area (Å²) in [6, 6.07) is 77.2. The molecule has 0 atom stereocenters. The van der Waals surface area contributed by atoms with Gasteiger partial charge in [0.2, 0.25) is 0 Å². The predicted molar refractivity (Wildman–Crippen MR) is 299 cm³/mol. The molecule has 0 N–H and O–H groups in total. The number of benzene rings is 9. The van der Waals surface area contributed by atoms with Gasteiger partial charge in [0.25, 0.3) is 0 Å². The van der Waals surface area contributed by atoms with Crippen molar-refractivity contribution in [1.29, 1.82) is 0 Å². The minimum absolute atomic E-state index is 0.467. The summed E-state index contributed by atoms with van der Waals surface area (Å²) in [5, 5.41) is 0. The molecule has 6 nitrogen and oxygen atoms in total. The molecule has 0 fully saturated rings. The van der Waals surface area contributed by atoms with Gasteiger partial charge in [0, 0.05) is 55.0 Å². The summed E-state index contributed by atoms with van der Waals surface area (Å²) >= 11 is 0. The van der Waals surface area contributed by atoms with E-state index in [1.54, 1.807) is 0 Å². The minimum atomic E-state index is -0.542. The van der Waals surface area contributed by atoms with Gasteiger partial charge in [-0.3, -0.25) is 0 Å². The molecule has 0 aliphatic heterocycles. The van der Waals surface area contributed by atoms with Crippen LogP contribution in [0.1, 0.15) is 61.1 Å². The van der Waals surface area contributed by atoms with Crippen LogP contribution in [-0.4, -0.2) is 29.9 Å². The van der Waals surface area contributed by atoms with Gasteiger partial charge in [0.15, 0.2) is 0 Å². The quantitative estimate of drug-likeness (QED) is 0.165. The normalized spacial score (nSPS) is 20.9. The molecule has 3 aliphatic carbocycles. The lowest BCUT2D eigenvalue weighted by Crippen LogP contribution is -2.51. The highest BCUT2D eigenvalue weighted by molar-refractivity contribution is 5.95. The van der Waals surface area contributed by atoms with Crippen LogP contribution in [0, 0.1) is 5.41 Å². The standard InChI is InChI=1S/C68H48N6/c1-65-47-35-53-55(71-61(43-27-15-7-16-28-43)59(69-53)41-23-11-5-12-24-41)37-49(47)66(2)51-39-57-58(74-64(46-33-21-10-22-34-46)63(73-57)45-31-19-9-20-32-45)40-52(51)67(3,68(65,66)4)50-38-56-54(36-48(50)65)70-60(42-25-13-6-14-26-42)62(72-56)44-29-17-8-18-30-44/h5-40H,1-4H3. The van der Waals surface area contributed by atoms with E-state index in [1.165, 1.54) is 33.4 Å². The average molecular weight is 949 g/mol. The van der Waals surface area contributed by atoms with E-state index in [-0.39, 0.29) is 0 Å². The molecule has 15 rings (SSSR count). The van der Waals surface area contributed by atoms with Gasteiger partial charge < -0.3 is 0 Å². The molecule has 12 aromatic rings. The van der Waals surface area contributed by atoms with Crippen LogP contribution in [0.3, 0.4) is 0 Å². The number of hydrogen-bond donors (Lipinski definition) is 0. The molecule has 0 amide bonds. The van der Waals surface area contributed by atoms with Crippen molar-refractivity contribution in [2.75, 3.05) is 0 Å². The van der Waals surface area contributed by atoms with E-state index in [0.29, 0.717) is 0 Å². The first kappa shape index (κ1) is 42.7. The Morgan fingerprint density at radius 2 is 0.365 bits per heavy atom. The first-order valence-electron chi connectivity index (χ1n) is 25.6. The fourth-order valence-electron chi connectivity index (χ4n) is 14.1. The summed E-state index contributed by atoms with van der Waals surface area (Å²) in [5.41, 5.74) is 22.1. The highest BCUT2D eigenvalue weighted by Crippen LogP contribution is 2.82. The van der Waals surface area contributed by atoms with Crippen molar-refractivity contribution in [2.24, 2.45) is 5.41 Å². The molecule has 0 radical (unpaired) electrons. The second-order valence-electron chi connectivity index (χ2n) is 21.1. The molecule has 350 valence electrons. The predicted octanol–water partition coefficient (Wildman–Crippen LogP) is 15.8. The van der Waals surface area contributed by atoms with E-state index in [2.05, 4.69) is 246 Å². The zero-order valence-corrected chi connectivity index (χ0v) is 41.5. The summed E-state index contributed by atoms with van der Waals surface area (Å²) in [6.45, 7) is 10.0. The second-order valence-corrected chi connectivity index (χ2v) is 21.1. The van der Waals surface area contributed by atoms with E-state index in [1.807, 2.05) is 0 Å². The third-order valence-corrected chi connectivity index (χ3v) is 17.9. The molecule has 3 heterocycles. The van der Waals surface area contributed by atoms with Crippen LogP contribution in [0.5, 0.6) is 0 Å². The molecule has 6 heteroatoms. The van der Waals surface area contributed by atoms with E-state index in [4.69, 9.17) is 29.9 Å². The highest BCUT2D eigenvalue weighted by Gasteiger charge is 2.80. The van der Waals surface area contributed by atoms with Crippen molar-refractivity contribution in [1.82, 2.24) is 29.9 Å². The SMILES string of the molecule is CC12c3cc4nc(-c5ccccc5)c(-c5ccccc5)nc4cc3C3(C)c4cc5nc(-c6ccccc6)c(-c6ccccc6)nc5cc4C(C)(c4cc5nc(-c6ccccc6)c(-c6ccccc6)nc5cc41)C23C. The van der Waals surface area contributed by atoms with Crippen LogP contribution in [0.4, 0.5) is 0 Å². The fraction of sp³-hybridized carbons (Fsp3) is 0.118. The van der Waals surface area contributed by atoms with Crippen LogP contribution < -0.4 is 0 Å². The largest absolute Gasteiger partial charge is 0.244 e. The Kier molecular flexibility index (Phi) is 8.80. The van der Waals surface area contributed by atoms with E-state index in [9.17, 15) is 0 Å². The maximum absolute atomic E-state index is 5.61. The summed E-state index contributed by atoms with van der Waals surface area (Å²) < 4.78 is 0. The van der Waals surface area contributed by atoms with E-state index >= 15 is 0 Å². The lowest BCUT2D eigenvalue weighted by molar-refractivity contribution is 0.0998. The number of hydrogen-bond acceptors (Lipinski definition) is 6. The van der Waals surface area contributed by atoms with Crippen molar-refractivity contribution in [3.05, 3.63) is 252 Å². The average Bonchev–Trinajstić information content (AvgIpc) is 3.89. The Balaban J connectivity index is 1.06. The topological polar surface area (TPSA) is 77.3 Å². The molecule has 0 saturated carbocycles. The Labute approximate surface area is 429 Å². The Morgan fingerprint density at radius 1 is 0.216 bits per heavy atom. The van der Waals surface area contributed by atoms with Crippen LogP contribution >= 0.6 is 0 Å². The second kappa shape index (κ2) is 15.3. The smallest absolute Gasteiger partial charge is 0.0973 e. The van der Waals surface area contributed by atoms with Crippen LogP contribution in [0.25, 0.3) is 101 Å². The molecule has 74 heavy (non-hydrogen) atoms. The Morgan fingerprint density at radius 3 is 0.514 bits per heavy atom. The summed E-state index contributed by atoms with van der Waals surface area (Å²) in [5.74, 6) is 0. The van der Waals surface area contributed by atoms with Crippen molar-refractivity contribution >= 4 is 33.1 Å². The molecule has 0 unspecified atom stereocenters. The van der Waals surface area contributed by atoms with Crippen molar-refractivity contribution in [3.8, 4) is 67.5 Å². The maximum Gasteiger partial charge on any atom is 0.0973 e. The van der Waals surface area contributed by atoms with Crippen molar-refractivity contribution in [3.63, 3.8) is 0 Å². The summed E-state index contributed by atoms with van der Waals surface area (Å²) in [4.78, 5) is 33.7. The summed E-state index contributed by atoms with van der Waals surface area (Å²) in [6.07, 6.45) is 0. The van der Waals surface area contributed by atoms with Gasteiger partial charge >= 0.3 is 0 Å². The molecular weight excluding hydrogens is 901 g/mol. The number of aromatic nitrogens is 6. The van der Waals surface area contributed by atoms with Gasteiger partial charge in [-0.15, -0.1) is 0 Å². The van der Waals surface area contributed by atoms with Gasteiger partial charge in [-0.1, -0.05) is 210 Å². The lowest BCUT2D eigenvalue weighted by Gasteiger charge is -2.49. The monoisotopic (exact) mass is 948 g/mol. The summed E-state index contributed by atoms with van der Waals surface area (Å²) in [7, 11) is 0. The third-order valence-electron chi connectivity index (χ3n) is 17.9. The third kappa shape index (κ3) is 5.49. The maximum atomic E-state index is 5.61. The molecule has 0 saturated heterocycles. The van der Waals surface area contributed by atoms with Crippen LogP contribution in [-0.2, 0) is 16.2 Å². The molecule has 9 aromatic carbocycles. The molecule has 0 spiro atoms. The zero-order valence-electron chi connectivity index (χ0n) is 41.5. The van der Waals surface area contributed by atoms with Crippen LogP contribution in [0.15, 0.2) is 218 Å². The molecule has 0 bridgehead atoms. The lowest BCUT2D eigenvalue weighted by atomic mass is 9.52. The highest BCUT2D eigenvalue weighted by atomic mass is 14.9. The van der Waals surface area contributed by atoms with Gasteiger partial charge in [-0.25, -0.2) is 29.9 Å². The van der Waals surface area contributed by atoms with Crippen molar-refractivity contribution < 1.29 is 0 Å². The number of fused-ring (bicyclic) bond motifs is 12. The molecule has 3 aromatic heterocycles. The number of nitrogens with zero attached hydrogens (tertiary/aromatic N) is 6.